The molecule has 2 rings (SSSR count). The van der Waals surface area contributed by atoms with Gasteiger partial charge in [-0.25, -0.2) is 0 Å². The summed E-state index contributed by atoms with van der Waals surface area (Å²) in [5.41, 5.74) is 0.0216. The Labute approximate surface area is 153 Å². The van der Waals surface area contributed by atoms with E-state index < -0.39 is 23.8 Å². The molecule has 0 bridgehead atoms. The van der Waals surface area contributed by atoms with E-state index in [4.69, 9.17) is 37.6 Å². The number of carbonyl (C=O) groups excluding carboxylic acids is 1. The fourth-order valence-electron chi connectivity index (χ4n) is 1.87. The second kappa shape index (κ2) is 8.22. The predicted octanol–water partition coefficient (Wildman–Crippen LogP) is 3.40. The van der Waals surface area contributed by atoms with Crippen molar-refractivity contribution in [2.24, 2.45) is 5.92 Å². The van der Waals surface area contributed by atoms with Gasteiger partial charge in [-0.2, -0.15) is 0 Å². The summed E-state index contributed by atoms with van der Waals surface area (Å²) in [4.78, 5) is 23.0. The van der Waals surface area contributed by atoms with Gasteiger partial charge < -0.3 is 19.7 Å². The van der Waals surface area contributed by atoms with Crippen molar-refractivity contribution in [3.63, 3.8) is 0 Å². The van der Waals surface area contributed by atoms with Crippen molar-refractivity contribution in [2.75, 3.05) is 0 Å². The number of halogens is 2. The van der Waals surface area contributed by atoms with Crippen LogP contribution in [-0.4, -0.2) is 28.2 Å². The van der Waals surface area contributed by atoms with Crippen molar-refractivity contribution >= 4 is 35.1 Å². The number of para-hydroxylation sites is 1. The topological polar surface area (TPSA) is 102 Å². The number of hydrogen-bond donors (Lipinski definition) is 2. The van der Waals surface area contributed by atoms with E-state index in [1.807, 2.05) is 0 Å². The van der Waals surface area contributed by atoms with Crippen LogP contribution in [0.4, 0.5) is 0 Å². The minimum Gasteiger partial charge on any atom is -0.482 e. The molecule has 0 radical (unpaired) electrons. The van der Waals surface area contributed by atoms with Gasteiger partial charge in [0, 0.05) is 12.1 Å². The molecule has 7 nitrogen and oxygen atoms in total. The van der Waals surface area contributed by atoms with Gasteiger partial charge in [0.1, 0.15) is 6.61 Å². The maximum absolute atomic E-state index is 12.1. The number of rotatable bonds is 7. The molecule has 2 N–H and O–H groups in total. The number of amides is 1. The number of hydrogen-bond acceptors (Lipinski definition) is 5. The lowest BCUT2D eigenvalue weighted by Gasteiger charge is -2.16. The van der Waals surface area contributed by atoms with Crippen molar-refractivity contribution < 1.29 is 24.0 Å². The Balaban J connectivity index is 1.98. The summed E-state index contributed by atoms with van der Waals surface area (Å²) >= 11 is 12.0. The Bertz CT molecular complexity index is 757. The van der Waals surface area contributed by atoms with Crippen LogP contribution in [0.3, 0.4) is 0 Å². The van der Waals surface area contributed by atoms with Gasteiger partial charge >= 0.3 is 5.97 Å². The minimum atomic E-state index is -1.00. The van der Waals surface area contributed by atoms with Crippen LogP contribution in [0, 0.1) is 5.92 Å². The van der Waals surface area contributed by atoms with Gasteiger partial charge in [0.05, 0.1) is 16.0 Å². The van der Waals surface area contributed by atoms with Crippen LogP contribution in [0.15, 0.2) is 28.8 Å². The summed E-state index contributed by atoms with van der Waals surface area (Å²) in [6.45, 7) is 3.08. The number of aliphatic carboxylic acids is 1. The second-order valence-corrected chi connectivity index (χ2v) is 6.22. The molecule has 1 aromatic heterocycles. The lowest BCUT2D eigenvalue weighted by atomic mass is 10.0. The van der Waals surface area contributed by atoms with Crippen molar-refractivity contribution in [2.45, 2.75) is 26.5 Å². The Kier molecular flexibility index (Phi) is 6.27. The largest absolute Gasteiger partial charge is 0.482 e. The monoisotopic (exact) mass is 386 g/mol. The molecule has 0 saturated carbocycles. The van der Waals surface area contributed by atoms with Gasteiger partial charge in [-0.3, -0.25) is 9.59 Å². The first-order valence-corrected chi connectivity index (χ1v) is 8.11. The molecule has 1 heterocycles. The molecule has 0 aliphatic heterocycles. The number of ether oxygens (including phenoxy) is 1. The van der Waals surface area contributed by atoms with Gasteiger partial charge in [0.15, 0.2) is 17.2 Å². The van der Waals surface area contributed by atoms with Crippen molar-refractivity contribution in [3.05, 3.63) is 45.8 Å². The fourth-order valence-corrected chi connectivity index (χ4v) is 2.38. The van der Waals surface area contributed by atoms with Gasteiger partial charge in [0.25, 0.3) is 5.91 Å². The van der Waals surface area contributed by atoms with E-state index in [0.717, 1.165) is 0 Å². The molecule has 0 aliphatic rings. The van der Waals surface area contributed by atoms with Crippen LogP contribution in [0.5, 0.6) is 5.75 Å². The molecular formula is C16H16Cl2N2O5. The molecule has 0 saturated heterocycles. The summed E-state index contributed by atoms with van der Waals surface area (Å²) in [6.07, 6.45) is 0. The number of aromatic nitrogens is 1. The highest BCUT2D eigenvalue weighted by Crippen LogP contribution is 2.32. The quantitative estimate of drug-likeness (QED) is 0.755. The Morgan fingerprint density at radius 3 is 2.56 bits per heavy atom. The number of carboxylic acid groups (broad SMARTS) is 1. The number of benzene rings is 1. The van der Waals surface area contributed by atoms with Gasteiger partial charge in [0.2, 0.25) is 0 Å². The summed E-state index contributed by atoms with van der Waals surface area (Å²) < 4.78 is 10.5. The standard InChI is InChI=1S/C16H16Cl2N2O5/c1-8(16(22)23)9(2)19-15(21)13-6-10(25-20-13)7-24-14-11(17)4-3-5-12(14)18/h3-6,8-9H,7H2,1-2H3,(H,19,21)(H,22,23). The first-order valence-electron chi connectivity index (χ1n) is 7.35. The predicted molar refractivity (Wildman–Crippen MR) is 91.0 cm³/mol. The number of carbonyl (C=O) groups is 2. The molecular weight excluding hydrogens is 371 g/mol. The third-order valence-corrected chi connectivity index (χ3v) is 4.16. The highest BCUT2D eigenvalue weighted by molar-refractivity contribution is 6.37. The Hall–Kier alpha value is -2.25. The van der Waals surface area contributed by atoms with Crippen molar-refractivity contribution in [1.29, 1.82) is 0 Å². The molecule has 1 aromatic carbocycles. The number of nitrogens with one attached hydrogen (secondary N) is 1. The van der Waals surface area contributed by atoms with Crippen LogP contribution < -0.4 is 10.1 Å². The summed E-state index contributed by atoms with van der Waals surface area (Å²) in [7, 11) is 0. The SMILES string of the molecule is CC(NC(=O)c1cc(COc2c(Cl)cccc2Cl)on1)C(C)C(=O)O. The average Bonchev–Trinajstić information content (AvgIpc) is 3.02. The smallest absolute Gasteiger partial charge is 0.308 e. The third kappa shape index (κ3) is 4.87. The lowest BCUT2D eigenvalue weighted by Crippen LogP contribution is -2.40. The van der Waals surface area contributed by atoms with E-state index >= 15 is 0 Å². The van der Waals surface area contributed by atoms with E-state index in [1.165, 1.54) is 13.0 Å². The van der Waals surface area contributed by atoms with E-state index in [1.54, 1.807) is 25.1 Å². The molecule has 2 aromatic rings. The molecule has 0 spiro atoms. The van der Waals surface area contributed by atoms with E-state index in [-0.39, 0.29) is 12.3 Å². The van der Waals surface area contributed by atoms with Crippen LogP contribution in [-0.2, 0) is 11.4 Å². The molecule has 9 heteroatoms. The Morgan fingerprint density at radius 1 is 1.32 bits per heavy atom. The zero-order valence-corrected chi connectivity index (χ0v) is 15.0. The zero-order valence-electron chi connectivity index (χ0n) is 13.5. The summed E-state index contributed by atoms with van der Waals surface area (Å²) in [6, 6.07) is 5.79. The molecule has 1 amide bonds. The Morgan fingerprint density at radius 2 is 1.96 bits per heavy atom. The van der Waals surface area contributed by atoms with E-state index in [0.29, 0.717) is 21.6 Å². The minimum absolute atomic E-state index is 0.0216. The van der Waals surface area contributed by atoms with Crippen LogP contribution >= 0.6 is 23.2 Å². The van der Waals surface area contributed by atoms with Crippen molar-refractivity contribution in [3.8, 4) is 5.75 Å². The second-order valence-electron chi connectivity index (χ2n) is 5.41. The van der Waals surface area contributed by atoms with E-state index in [2.05, 4.69) is 10.5 Å². The molecule has 2 atom stereocenters. The van der Waals surface area contributed by atoms with Crippen LogP contribution in [0.2, 0.25) is 10.0 Å². The third-order valence-electron chi connectivity index (χ3n) is 3.57. The van der Waals surface area contributed by atoms with E-state index in [9.17, 15) is 9.59 Å². The zero-order chi connectivity index (χ0) is 18.6. The van der Waals surface area contributed by atoms with Crippen molar-refractivity contribution in [1.82, 2.24) is 10.5 Å². The maximum Gasteiger partial charge on any atom is 0.308 e. The average molecular weight is 387 g/mol. The highest BCUT2D eigenvalue weighted by Gasteiger charge is 2.23. The fraction of sp³-hybridized carbons (Fsp3) is 0.312. The summed E-state index contributed by atoms with van der Waals surface area (Å²) in [5.74, 6) is -1.68. The molecule has 134 valence electrons. The lowest BCUT2D eigenvalue weighted by molar-refractivity contribution is -0.141. The van der Waals surface area contributed by atoms with Gasteiger partial charge in [-0.05, 0) is 26.0 Å². The molecule has 0 fully saturated rings. The maximum atomic E-state index is 12.1. The molecule has 25 heavy (non-hydrogen) atoms. The van der Waals surface area contributed by atoms with Gasteiger partial charge in [-0.1, -0.05) is 34.4 Å². The van der Waals surface area contributed by atoms with Crippen LogP contribution in [0.25, 0.3) is 0 Å². The van der Waals surface area contributed by atoms with Gasteiger partial charge in [-0.15, -0.1) is 0 Å². The highest BCUT2D eigenvalue weighted by atomic mass is 35.5. The first kappa shape index (κ1) is 19.1. The molecule has 2 unspecified atom stereocenters. The normalized spacial score (nSPS) is 13.1. The summed E-state index contributed by atoms with van der Waals surface area (Å²) in [5, 5.41) is 15.8. The molecule has 0 aliphatic carbocycles. The van der Waals surface area contributed by atoms with Crippen LogP contribution in [0.1, 0.15) is 30.1 Å². The number of carboxylic acids is 1. The first-order chi connectivity index (χ1) is 11.8. The number of nitrogens with zero attached hydrogens (tertiary/aromatic N) is 1.